The fourth-order valence-corrected chi connectivity index (χ4v) is 11.9. The second kappa shape index (κ2) is 73.0. The van der Waals surface area contributed by atoms with Gasteiger partial charge in [0.1, 0.15) is 63.5 Å². The van der Waals surface area contributed by atoms with Gasteiger partial charge in [-0.3, -0.25) is 28.5 Å². The molecule has 0 bridgehead atoms. The first-order valence-corrected chi connectivity index (χ1v) is 47.6. The average molecular weight is 1980 g/mol. The molecule has 4 rings (SSSR count). The van der Waals surface area contributed by atoms with Crippen molar-refractivity contribution in [2.45, 2.75) is 85.6 Å². The number of carboxylic acid groups (broad SMARTS) is 2. The number of benzene rings is 4. The summed E-state index contributed by atoms with van der Waals surface area (Å²) in [6.07, 6.45) is -0.770. The molecule has 4 aromatic rings. The Morgan fingerprint density at radius 1 is 0.285 bits per heavy atom. The topological polar surface area (TPSA) is 487 Å². The van der Waals surface area contributed by atoms with Crippen LogP contribution in [0.1, 0.15) is 105 Å². The summed E-state index contributed by atoms with van der Waals surface area (Å²) in [5.41, 5.74) is -2.27. The molecule has 0 aliphatic rings. The molecule has 782 valence electrons. The van der Waals surface area contributed by atoms with E-state index in [1.54, 1.807) is 40.6 Å². The van der Waals surface area contributed by atoms with Gasteiger partial charge < -0.3 is 173 Å². The molecule has 0 aliphatic heterocycles. The highest BCUT2D eigenvalue weighted by molar-refractivity contribution is 7.50. The summed E-state index contributed by atoms with van der Waals surface area (Å²) in [5, 5.41) is 26.9. The molecule has 42 nitrogen and oxygen atoms in total. The van der Waals surface area contributed by atoms with Gasteiger partial charge in [-0.1, -0.05) is 39.8 Å². The highest BCUT2D eigenvalue weighted by Crippen LogP contribution is 2.43. The number of carbonyl (C=O) groups is 5. The van der Waals surface area contributed by atoms with Gasteiger partial charge in [0.25, 0.3) is 17.7 Å². The van der Waals surface area contributed by atoms with E-state index in [9.17, 15) is 38.3 Å². The second-order valence-electron chi connectivity index (χ2n) is 33.2. The van der Waals surface area contributed by atoms with Gasteiger partial charge in [-0.25, -0.2) is 0 Å². The maximum absolute atomic E-state index is 14.6. The quantitative estimate of drug-likeness (QED) is 0.0166. The van der Waals surface area contributed by atoms with Crippen molar-refractivity contribution < 1.29 is 186 Å². The Labute approximate surface area is 805 Å². The van der Waals surface area contributed by atoms with Gasteiger partial charge in [-0.05, 0) is 81.8 Å². The highest BCUT2D eigenvalue weighted by Gasteiger charge is 2.32. The van der Waals surface area contributed by atoms with E-state index in [1.165, 1.54) is 54.6 Å². The number of carbonyl (C=O) groups excluding carboxylic acids is 3. The van der Waals surface area contributed by atoms with E-state index in [4.69, 9.17) is 148 Å². The molecule has 0 saturated heterocycles. The summed E-state index contributed by atoms with van der Waals surface area (Å²) in [6, 6.07) is 16.7. The molecule has 0 unspecified atom stereocenters. The minimum absolute atomic E-state index is 0.00389. The minimum atomic E-state index is -4.32. The molecule has 4 aromatic carbocycles. The van der Waals surface area contributed by atoms with E-state index < -0.39 is 65.4 Å². The van der Waals surface area contributed by atoms with Crippen LogP contribution in [0.15, 0.2) is 66.7 Å². The number of ether oxygens (including phenoxy) is 29. The molecular formula is C94H152N3O39P. The smallest absolute Gasteiger partial charge is 0.329 e. The van der Waals surface area contributed by atoms with Crippen LogP contribution in [0.4, 0.5) is 0 Å². The zero-order valence-corrected chi connectivity index (χ0v) is 82.9. The molecule has 0 atom stereocenters. The van der Waals surface area contributed by atoms with Crippen LogP contribution >= 0.6 is 7.60 Å². The lowest BCUT2D eigenvalue weighted by atomic mass is 9.95. The van der Waals surface area contributed by atoms with Crippen molar-refractivity contribution in [1.29, 1.82) is 0 Å². The van der Waals surface area contributed by atoms with Gasteiger partial charge in [-0.15, -0.1) is 0 Å². The number of hydrogen-bond acceptors (Lipinski definition) is 35. The Morgan fingerprint density at radius 2 is 0.540 bits per heavy atom. The molecule has 43 heteroatoms. The van der Waals surface area contributed by atoms with Crippen LogP contribution < -0.4 is 58.6 Å². The van der Waals surface area contributed by atoms with Crippen molar-refractivity contribution in [3.63, 3.8) is 0 Å². The standard InChI is InChI=1S/C94H152N3O39P/c1-91(2,69-135-93(5,6)71-124-22-17-84(98)99)67-133-86-80(129-55-51-120-47-43-116-39-35-112-31-27-108-9)61-75(62-81(86)130-56-52-121-48-44-117-40-36-113-32-28-109-10)89(103)96-20-25-127-78-59-74(88(102)95-19-24-126-77-15-13-73(14-16-77)66-137(105,106)107)60-79(65-78)128-26-21-97-90(104)76-63-82(131-57-53-122-49-45-118-41-37-114-33-29-110-11)87(83(64-76)132-58-54-123-50-46-119-42-38-115-34-30-111-12)134-68-92(3,4)70-136-94(7,8)72-125-23-18-85(100)101/h13-16,59-65H,17-58,66-72H2,1-12H3,(H,95,102)(H,96,103)(H,97,104)(H,98,99)(H,100,101)(H2,105,106,107). The SMILES string of the molecule is COCCOCCOCCOCCOc1cc(C(=O)NCCOc2cc(OCCNC(=O)c3cc(OCCOCCOCCOCCOC)c(OCC(C)(C)COC(C)(C)COCCC(=O)O)c(OCCOCCOCCOCCOC)c3)cc(C(=O)NCCOc3ccc(CP(=O)(O)O)cc3)c2)cc(OCCOCCOCCOCCOC)c1OCC(C)(C)COC(C)(C)COCCC(=O)O. The van der Waals surface area contributed by atoms with Crippen molar-refractivity contribution >= 4 is 37.3 Å². The number of amides is 3. The van der Waals surface area contributed by atoms with E-state index >= 15 is 0 Å². The van der Waals surface area contributed by atoms with Crippen LogP contribution in [0, 0.1) is 10.8 Å². The maximum Gasteiger partial charge on any atom is 0.329 e. The van der Waals surface area contributed by atoms with Gasteiger partial charge in [-0.2, -0.15) is 0 Å². The summed E-state index contributed by atoms with van der Waals surface area (Å²) in [7, 11) is 2.05. The average Bonchev–Trinajstić information content (AvgIpc) is 0.809. The third kappa shape index (κ3) is 61.2. The number of hydrogen-bond donors (Lipinski definition) is 7. The number of rotatable bonds is 91. The second-order valence-corrected chi connectivity index (χ2v) is 34.8. The Bertz CT molecular complexity index is 3640. The third-order valence-electron chi connectivity index (χ3n) is 18.4. The van der Waals surface area contributed by atoms with Crippen LogP contribution in [0.3, 0.4) is 0 Å². The van der Waals surface area contributed by atoms with Gasteiger partial charge in [0.05, 0.1) is 288 Å². The molecular weight excluding hydrogens is 1830 g/mol. The molecule has 7 N–H and O–H groups in total. The lowest BCUT2D eigenvalue weighted by Gasteiger charge is -2.32. The first-order chi connectivity index (χ1) is 65.9. The lowest BCUT2D eigenvalue weighted by Crippen LogP contribution is -2.37. The molecule has 0 aliphatic carbocycles. The summed E-state index contributed by atoms with van der Waals surface area (Å²) < 4.78 is 181. The van der Waals surface area contributed by atoms with Crippen LogP contribution in [-0.2, 0) is 115 Å². The molecule has 0 aromatic heterocycles. The van der Waals surface area contributed by atoms with Crippen LogP contribution in [-0.4, -0.2) is 393 Å². The molecule has 0 spiro atoms. The number of carboxylic acids is 2. The van der Waals surface area contributed by atoms with Gasteiger partial charge in [0.15, 0.2) is 23.0 Å². The molecule has 0 radical (unpaired) electrons. The zero-order chi connectivity index (χ0) is 99.9. The van der Waals surface area contributed by atoms with E-state index in [0.29, 0.717) is 117 Å². The van der Waals surface area contributed by atoms with E-state index in [2.05, 4.69) is 16.0 Å². The number of methoxy groups -OCH3 is 4. The normalized spacial score (nSPS) is 11.9. The summed E-state index contributed by atoms with van der Waals surface area (Å²) >= 11 is 0. The van der Waals surface area contributed by atoms with Crippen LogP contribution in [0.5, 0.6) is 51.7 Å². The Balaban J connectivity index is 1.68. The van der Waals surface area contributed by atoms with Crippen molar-refractivity contribution in [3.05, 3.63) is 89.0 Å². The van der Waals surface area contributed by atoms with Gasteiger partial charge >= 0.3 is 19.5 Å². The van der Waals surface area contributed by atoms with Crippen LogP contribution in [0.2, 0.25) is 0 Å². The molecule has 0 fully saturated rings. The highest BCUT2D eigenvalue weighted by atomic mass is 31.2. The van der Waals surface area contributed by atoms with Gasteiger partial charge in [0, 0.05) is 62.0 Å². The Kier molecular flexibility index (Phi) is 64.5. The first kappa shape index (κ1) is 121. The minimum Gasteiger partial charge on any atom is -0.492 e. The monoisotopic (exact) mass is 1980 g/mol. The zero-order valence-electron chi connectivity index (χ0n) is 82.0. The number of aliphatic carboxylic acids is 2. The molecule has 137 heavy (non-hydrogen) atoms. The number of nitrogens with one attached hydrogen (secondary N) is 3. The van der Waals surface area contributed by atoms with Crippen molar-refractivity contribution in [3.8, 4) is 51.7 Å². The summed E-state index contributed by atoms with van der Waals surface area (Å²) in [4.78, 5) is 84.6. The Hall–Kier alpha value is -8.22. The fourth-order valence-electron chi connectivity index (χ4n) is 11.3. The Morgan fingerprint density at radius 3 is 0.803 bits per heavy atom. The maximum atomic E-state index is 14.6. The van der Waals surface area contributed by atoms with Crippen molar-refractivity contribution in [2.24, 2.45) is 10.8 Å². The first-order valence-electron chi connectivity index (χ1n) is 45.8. The van der Waals surface area contributed by atoms with Crippen molar-refractivity contribution in [2.75, 3.05) is 332 Å². The molecule has 0 saturated carbocycles. The lowest BCUT2D eigenvalue weighted by molar-refractivity contribution is -0.141. The van der Waals surface area contributed by atoms with Crippen LogP contribution in [0.25, 0.3) is 0 Å². The van der Waals surface area contributed by atoms with E-state index in [1.807, 2.05) is 55.4 Å². The molecule has 3 amide bonds. The largest absolute Gasteiger partial charge is 0.492 e. The summed E-state index contributed by atoms with van der Waals surface area (Å²) in [5.74, 6) is -2.16. The van der Waals surface area contributed by atoms with Crippen molar-refractivity contribution in [1.82, 2.24) is 16.0 Å². The van der Waals surface area contributed by atoms with Gasteiger partial charge in [0.2, 0.25) is 11.5 Å². The predicted octanol–water partition coefficient (Wildman–Crippen LogP) is 7.47. The fraction of sp³-hybridized carbons (Fsp3) is 0.691. The predicted molar refractivity (Wildman–Crippen MR) is 499 cm³/mol. The molecule has 0 heterocycles. The van der Waals surface area contributed by atoms with E-state index in [0.717, 1.165) is 0 Å². The van der Waals surface area contributed by atoms with E-state index in [-0.39, 0.29) is 274 Å². The summed E-state index contributed by atoms with van der Waals surface area (Å²) in [6.45, 7) is 24.2. The third-order valence-corrected chi connectivity index (χ3v) is 19.2.